The predicted molar refractivity (Wildman–Crippen MR) is 53.0 cm³/mol. The van der Waals surface area contributed by atoms with E-state index in [0.29, 0.717) is 0 Å². The first-order valence-electron chi connectivity index (χ1n) is 3.51. The molecule has 61 valence electrons. The molecule has 0 aliphatic carbocycles. The SMILES string of the molecule is [SeH]CC[C](CC[SeH])CC[SeH]. The maximum atomic E-state index is 2.66. The van der Waals surface area contributed by atoms with Gasteiger partial charge in [-0.05, 0) is 0 Å². The number of hydrogen-bond acceptors (Lipinski definition) is 0. The zero-order valence-corrected chi connectivity index (χ0v) is 11.7. The van der Waals surface area contributed by atoms with Crippen LogP contribution < -0.4 is 0 Å². The minimum atomic E-state index is 1.25. The molecule has 0 saturated heterocycles. The van der Waals surface area contributed by atoms with Gasteiger partial charge in [0.25, 0.3) is 0 Å². The normalized spacial score (nSPS) is 10.8. The van der Waals surface area contributed by atoms with Crippen LogP contribution in [-0.2, 0) is 0 Å². The van der Waals surface area contributed by atoms with Crippen LogP contribution in [0, 0.1) is 5.92 Å². The summed E-state index contributed by atoms with van der Waals surface area (Å²) >= 11 is 7.98. The van der Waals surface area contributed by atoms with E-state index in [1.54, 1.807) is 5.92 Å². The van der Waals surface area contributed by atoms with Crippen molar-refractivity contribution in [1.29, 1.82) is 0 Å². The Labute approximate surface area is 88.7 Å². The molecule has 0 fully saturated rings. The molecule has 0 amide bonds. The van der Waals surface area contributed by atoms with Crippen LogP contribution in [0.2, 0.25) is 16.0 Å². The van der Waals surface area contributed by atoms with Crippen LogP contribution in [-0.4, -0.2) is 48.0 Å². The van der Waals surface area contributed by atoms with Crippen LogP contribution in [0.5, 0.6) is 0 Å². The Hall–Kier alpha value is 1.56. The zero-order valence-electron chi connectivity index (χ0n) is 6.08. The maximum absolute atomic E-state index is 2.66. The van der Waals surface area contributed by atoms with Gasteiger partial charge in [0.15, 0.2) is 0 Å². The second-order valence-corrected chi connectivity index (χ2v) is 4.99. The van der Waals surface area contributed by atoms with Gasteiger partial charge in [0.05, 0.1) is 0 Å². The van der Waals surface area contributed by atoms with E-state index < -0.39 is 0 Å². The third kappa shape index (κ3) is 6.28. The fourth-order valence-corrected chi connectivity index (χ4v) is 2.84. The molecule has 0 nitrogen and oxygen atoms in total. The van der Waals surface area contributed by atoms with Crippen molar-refractivity contribution in [2.24, 2.45) is 0 Å². The van der Waals surface area contributed by atoms with E-state index in [0.717, 1.165) is 0 Å². The summed E-state index contributed by atoms with van der Waals surface area (Å²) < 4.78 is 0. The van der Waals surface area contributed by atoms with Crippen LogP contribution in [0.4, 0.5) is 0 Å². The number of rotatable bonds is 6. The van der Waals surface area contributed by atoms with Crippen molar-refractivity contribution in [3.8, 4) is 0 Å². The van der Waals surface area contributed by atoms with Gasteiger partial charge in [-0.25, -0.2) is 0 Å². The van der Waals surface area contributed by atoms with Crippen LogP contribution in [0.3, 0.4) is 0 Å². The molecule has 0 spiro atoms. The van der Waals surface area contributed by atoms with Crippen LogP contribution in [0.15, 0.2) is 0 Å². The van der Waals surface area contributed by atoms with E-state index in [-0.39, 0.29) is 0 Å². The van der Waals surface area contributed by atoms with E-state index in [1.165, 1.54) is 35.2 Å². The van der Waals surface area contributed by atoms with Gasteiger partial charge in [0, 0.05) is 0 Å². The first-order chi connectivity index (χ1) is 4.85. The summed E-state index contributed by atoms with van der Waals surface area (Å²) in [5, 5.41) is 3.76. The Balaban J connectivity index is 3.30. The van der Waals surface area contributed by atoms with Gasteiger partial charge < -0.3 is 0 Å². The first kappa shape index (κ1) is 11.6. The van der Waals surface area contributed by atoms with Crippen molar-refractivity contribution >= 4 is 48.0 Å². The monoisotopic (exact) mass is 339 g/mol. The van der Waals surface area contributed by atoms with Gasteiger partial charge in [-0.3, -0.25) is 0 Å². The summed E-state index contributed by atoms with van der Waals surface area (Å²) in [5.41, 5.74) is 0. The topological polar surface area (TPSA) is 0 Å². The van der Waals surface area contributed by atoms with Crippen LogP contribution >= 0.6 is 0 Å². The summed E-state index contributed by atoms with van der Waals surface area (Å²) in [6.07, 6.45) is 3.94. The Bertz CT molecular complexity index is 51.6. The molecular formula is C7H15Se3. The molecule has 0 N–H and O–H groups in total. The van der Waals surface area contributed by atoms with Gasteiger partial charge in [0.2, 0.25) is 0 Å². The molecule has 0 heterocycles. The second kappa shape index (κ2) is 8.65. The van der Waals surface area contributed by atoms with Crippen molar-refractivity contribution in [3.63, 3.8) is 0 Å². The first-order valence-corrected chi connectivity index (χ1v) is 7.49. The third-order valence-electron chi connectivity index (χ3n) is 1.40. The second-order valence-electron chi connectivity index (χ2n) is 2.17. The molecular weight excluding hydrogens is 321 g/mol. The molecule has 0 bridgehead atoms. The van der Waals surface area contributed by atoms with Crippen molar-refractivity contribution in [3.05, 3.63) is 5.92 Å². The van der Waals surface area contributed by atoms with Crippen molar-refractivity contribution in [2.75, 3.05) is 0 Å². The van der Waals surface area contributed by atoms with Gasteiger partial charge in [-0.2, -0.15) is 0 Å². The summed E-state index contributed by atoms with van der Waals surface area (Å²) in [5.74, 6) is 1.74. The van der Waals surface area contributed by atoms with E-state index in [4.69, 9.17) is 0 Å². The third-order valence-corrected chi connectivity index (χ3v) is 2.80. The molecule has 0 aromatic heterocycles. The molecule has 0 atom stereocenters. The van der Waals surface area contributed by atoms with E-state index in [2.05, 4.69) is 48.0 Å². The van der Waals surface area contributed by atoms with Crippen LogP contribution in [0.25, 0.3) is 0 Å². The summed E-state index contributed by atoms with van der Waals surface area (Å²) in [4.78, 5) is 0. The average Bonchev–Trinajstić information content (AvgIpc) is 1.90. The van der Waals surface area contributed by atoms with Gasteiger partial charge >= 0.3 is 89.2 Å². The van der Waals surface area contributed by atoms with Crippen molar-refractivity contribution in [2.45, 2.75) is 35.2 Å². The molecule has 0 aromatic rings. The Morgan fingerprint density at radius 2 is 1.00 bits per heavy atom. The molecule has 10 heavy (non-hydrogen) atoms. The molecule has 0 aliphatic heterocycles. The summed E-state index contributed by atoms with van der Waals surface area (Å²) in [6.45, 7) is 0. The molecule has 0 saturated carbocycles. The van der Waals surface area contributed by atoms with Gasteiger partial charge in [-0.15, -0.1) is 0 Å². The minimum absolute atomic E-state index is 1.25. The molecule has 0 aliphatic rings. The molecule has 0 aromatic carbocycles. The summed E-state index contributed by atoms with van der Waals surface area (Å²) in [7, 11) is 0. The molecule has 3 heteroatoms. The van der Waals surface area contributed by atoms with E-state index in [1.807, 2.05) is 0 Å². The quantitative estimate of drug-likeness (QED) is 0.626. The Kier molecular flexibility index (Phi) is 10.0. The molecule has 0 rings (SSSR count). The van der Waals surface area contributed by atoms with E-state index in [9.17, 15) is 0 Å². The zero-order chi connectivity index (χ0) is 7.82. The molecule has 0 unspecified atom stereocenters. The Morgan fingerprint density at radius 1 is 0.700 bits per heavy atom. The Morgan fingerprint density at radius 3 is 1.20 bits per heavy atom. The standard InChI is InChI=1S/C7H15Se3/c8-4-1-7(2-5-9)3-6-10/h8-10H,1-6H2. The van der Waals surface area contributed by atoms with Crippen molar-refractivity contribution in [1.82, 2.24) is 0 Å². The summed E-state index contributed by atoms with van der Waals surface area (Å²) in [6, 6.07) is 0. The van der Waals surface area contributed by atoms with E-state index >= 15 is 0 Å². The predicted octanol–water partition coefficient (Wildman–Crippen LogP) is 0.688. The van der Waals surface area contributed by atoms with Crippen LogP contribution in [0.1, 0.15) is 19.3 Å². The fourth-order valence-electron chi connectivity index (χ4n) is 0.849. The van der Waals surface area contributed by atoms with Crippen molar-refractivity contribution < 1.29 is 0 Å². The average molecular weight is 336 g/mol. The molecule has 1 radical (unpaired) electrons. The number of hydrogen-bond donors (Lipinski definition) is 0. The van der Waals surface area contributed by atoms with Gasteiger partial charge in [0.1, 0.15) is 0 Å². The van der Waals surface area contributed by atoms with Gasteiger partial charge in [-0.1, -0.05) is 0 Å². The fraction of sp³-hybridized carbons (Fsp3) is 0.857.